The normalized spacial score (nSPS) is 23.3. The van der Waals surface area contributed by atoms with Gasteiger partial charge in [-0.25, -0.2) is 4.98 Å². The van der Waals surface area contributed by atoms with Crippen LogP contribution in [0.4, 0.5) is 0 Å². The van der Waals surface area contributed by atoms with E-state index in [4.69, 9.17) is 4.74 Å². The van der Waals surface area contributed by atoms with E-state index in [-0.39, 0.29) is 12.7 Å². The zero-order valence-electron chi connectivity index (χ0n) is 12.0. The van der Waals surface area contributed by atoms with Crippen LogP contribution < -0.4 is 0 Å². The van der Waals surface area contributed by atoms with Gasteiger partial charge >= 0.3 is 0 Å². The van der Waals surface area contributed by atoms with E-state index in [1.165, 1.54) is 0 Å². The summed E-state index contributed by atoms with van der Waals surface area (Å²) in [5.41, 5.74) is 1.96. The molecule has 2 atom stereocenters. The van der Waals surface area contributed by atoms with Gasteiger partial charge in [0, 0.05) is 30.7 Å². The second kappa shape index (κ2) is 6.62. The van der Waals surface area contributed by atoms with E-state index in [1.54, 1.807) is 17.5 Å². The van der Waals surface area contributed by atoms with Crippen molar-refractivity contribution in [3.8, 4) is 10.7 Å². The summed E-state index contributed by atoms with van der Waals surface area (Å²) in [5, 5.41) is 12.3. The minimum Gasteiger partial charge on any atom is -0.394 e. The fourth-order valence-electron chi connectivity index (χ4n) is 2.40. The molecule has 1 aliphatic rings. The number of aromatic nitrogens is 2. The predicted molar refractivity (Wildman–Crippen MR) is 82.0 cm³/mol. The van der Waals surface area contributed by atoms with Crippen LogP contribution in [0.5, 0.6) is 0 Å². The molecule has 2 aromatic rings. The Bertz CT molecular complexity index is 575. The molecule has 0 radical (unpaired) electrons. The maximum atomic E-state index is 9.24. The molecule has 5 nitrogen and oxygen atoms in total. The Hall–Kier alpha value is -1.34. The molecule has 1 N–H and O–H groups in total. The highest BCUT2D eigenvalue weighted by Gasteiger charge is 2.26. The van der Waals surface area contributed by atoms with Gasteiger partial charge in [0.2, 0.25) is 0 Å². The average Bonchev–Trinajstić information content (AvgIpc) is 2.99. The van der Waals surface area contributed by atoms with Gasteiger partial charge in [-0.2, -0.15) is 0 Å². The monoisotopic (exact) mass is 305 g/mol. The molecule has 21 heavy (non-hydrogen) atoms. The van der Waals surface area contributed by atoms with Crippen molar-refractivity contribution in [2.24, 2.45) is 0 Å². The minimum absolute atomic E-state index is 0.0689. The van der Waals surface area contributed by atoms with Crippen molar-refractivity contribution in [3.63, 3.8) is 0 Å². The van der Waals surface area contributed by atoms with Gasteiger partial charge in [-0.15, -0.1) is 11.3 Å². The summed E-state index contributed by atoms with van der Waals surface area (Å²) >= 11 is 1.62. The molecule has 6 heteroatoms. The largest absolute Gasteiger partial charge is 0.394 e. The van der Waals surface area contributed by atoms with E-state index >= 15 is 0 Å². The molecule has 112 valence electrons. The van der Waals surface area contributed by atoms with Crippen LogP contribution in [0.3, 0.4) is 0 Å². The van der Waals surface area contributed by atoms with Gasteiger partial charge in [0.15, 0.2) is 0 Å². The number of morpholine rings is 1. The zero-order chi connectivity index (χ0) is 14.7. The molecule has 2 unspecified atom stereocenters. The van der Waals surface area contributed by atoms with Gasteiger partial charge in [0.25, 0.3) is 0 Å². The van der Waals surface area contributed by atoms with Crippen molar-refractivity contribution in [1.29, 1.82) is 0 Å². The number of aliphatic hydroxyl groups is 1. The minimum atomic E-state index is -0.0879. The third kappa shape index (κ3) is 3.47. The standard InChI is InChI=1S/C15H19N3O2S/c1-11-9-20-13(8-19)7-18(11)6-12-10-21-15(17-12)14-4-2-3-5-16-14/h2-5,10-11,13,19H,6-9H2,1H3. The van der Waals surface area contributed by atoms with Crippen molar-refractivity contribution < 1.29 is 9.84 Å². The summed E-state index contributed by atoms with van der Waals surface area (Å²) in [7, 11) is 0. The molecule has 0 aliphatic carbocycles. The lowest BCUT2D eigenvalue weighted by Crippen LogP contribution is -2.48. The van der Waals surface area contributed by atoms with E-state index in [0.717, 1.165) is 29.5 Å². The molecular weight excluding hydrogens is 286 g/mol. The third-order valence-electron chi connectivity index (χ3n) is 3.64. The average molecular weight is 305 g/mol. The van der Waals surface area contributed by atoms with Crippen LogP contribution in [0.2, 0.25) is 0 Å². The highest BCUT2D eigenvalue weighted by molar-refractivity contribution is 7.13. The summed E-state index contributed by atoms with van der Waals surface area (Å²) in [5.74, 6) is 0. The predicted octanol–water partition coefficient (Wildman–Crippen LogP) is 1.79. The Morgan fingerprint density at radius 3 is 3.14 bits per heavy atom. The van der Waals surface area contributed by atoms with Gasteiger partial charge in [-0.1, -0.05) is 6.07 Å². The maximum Gasteiger partial charge on any atom is 0.142 e. The van der Waals surface area contributed by atoms with Crippen LogP contribution in [-0.2, 0) is 11.3 Å². The van der Waals surface area contributed by atoms with Crippen molar-refractivity contribution >= 4 is 11.3 Å². The van der Waals surface area contributed by atoms with E-state index in [1.807, 2.05) is 18.2 Å². The first kappa shape index (κ1) is 14.6. The van der Waals surface area contributed by atoms with E-state index in [0.29, 0.717) is 12.6 Å². The summed E-state index contributed by atoms with van der Waals surface area (Å²) < 4.78 is 5.56. The number of ether oxygens (including phenoxy) is 1. The van der Waals surface area contributed by atoms with Crippen molar-refractivity contribution in [1.82, 2.24) is 14.9 Å². The lowest BCUT2D eigenvalue weighted by Gasteiger charge is -2.36. The summed E-state index contributed by atoms with van der Waals surface area (Å²) in [6.45, 7) is 4.39. The molecule has 0 aromatic carbocycles. The van der Waals surface area contributed by atoms with Gasteiger partial charge in [0.1, 0.15) is 5.01 Å². The summed E-state index contributed by atoms with van der Waals surface area (Å²) in [6, 6.07) is 6.19. The molecule has 0 saturated carbocycles. The molecule has 1 fully saturated rings. The first-order valence-electron chi connectivity index (χ1n) is 7.08. The van der Waals surface area contributed by atoms with Crippen LogP contribution in [0, 0.1) is 0 Å². The Balaban J connectivity index is 1.69. The second-order valence-electron chi connectivity index (χ2n) is 5.28. The Morgan fingerprint density at radius 1 is 1.48 bits per heavy atom. The van der Waals surface area contributed by atoms with Crippen LogP contribution in [0.15, 0.2) is 29.8 Å². The van der Waals surface area contributed by atoms with E-state index in [9.17, 15) is 5.11 Å². The van der Waals surface area contributed by atoms with Crippen molar-refractivity contribution in [2.45, 2.75) is 25.6 Å². The zero-order valence-corrected chi connectivity index (χ0v) is 12.8. The third-order valence-corrected chi connectivity index (χ3v) is 4.55. The van der Waals surface area contributed by atoms with Gasteiger partial charge in [0.05, 0.1) is 30.7 Å². The number of hydrogen-bond donors (Lipinski definition) is 1. The fraction of sp³-hybridized carbons (Fsp3) is 0.467. The smallest absolute Gasteiger partial charge is 0.142 e. The Morgan fingerprint density at radius 2 is 2.38 bits per heavy atom. The first-order chi connectivity index (χ1) is 10.3. The topological polar surface area (TPSA) is 58.5 Å². The van der Waals surface area contributed by atoms with Crippen LogP contribution >= 0.6 is 11.3 Å². The highest BCUT2D eigenvalue weighted by Crippen LogP contribution is 2.23. The Labute approximate surface area is 128 Å². The Kier molecular flexibility index (Phi) is 4.60. The fourth-order valence-corrected chi connectivity index (χ4v) is 3.19. The molecule has 0 spiro atoms. The number of rotatable bonds is 4. The first-order valence-corrected chi connectivity index (χ1v) is 7.96. The quantitative estimate of drug-likeness (QED) is 0.933. The molecule has 1 saturated heterocycles. The lowest BCUT2D eigenvalue weighted by molar-refractivity contribution is -0.0808. The molecule has 3 rings (SSSR count). The number of nitrogens with zero attached hydrogens (tertiary/aromatic N) is 3. The number of aliphatic hydroxyl groups excluding tert-OH is 1. The van der Waals surface area contributed by atoms with Crippen molar-refractivity contribution in [3.05, 3.63) is 35.5 Å². The van der Waals surface area contributed by atoms with Gasteiger partial charge < -0.3 is 9.84 Å². The van der Waals surface area contributed by atoms with Gasteiger partial charge in [-0.3, -0.25) is 9.88 Å². The van der Waals surface area contributed by atoms with E-state index < -0.39 is 0 Å². The second-order valence-corrected chi connectivity index (χ2v) is 6.13. The molecule has 0 bridgehead atoms. The van der Waals surface area contributed by atoms with Crippen LogP contribution in [0.1, 0.15) is 12.6 Å². The number of hydrogen-bond acceptors (Lipinski definition) is 6. The summed E-state index contributed by atoms with van der Waals surface area (Å²) in [6.07, 6.45) is 1.70. The molecule has 0 amide bonds. The molecule has 2 aromatic heterocycles. The van der Waals surface area contributed by atoms with Gasteiger partial charge in [-0.05, 0) is 19.1 Å². The SMILES string of the molecule is CC1COC(CO)CN1Cc1csc(-c2ccccn2)n1. The lowest BCUT2D eigenvalue weighted by atomic mass is 10.2. The maximum absolute atomic E-state index is 9.24. The molecule has 3 heterocycles. The summed E-state index contributed by atoms with van der Waals surface area (Å²) in [4.78, 5) is 11.3. The van der Waals surface area contributed by atoms with Crippen LogP contribution in [0.25, 0.3) is 10.7 Å². The number of thiazole rings is 1. The van der Waals surface area contributed by atoms with Crippen LogP contribution in [-0.4, -0.2) is 51.9 Å². The van der Waals surface area contributed by atoms with Crippen molar-refractivity contribution in [2.75, 3.05) is 19.8 Å². The highest BCUT2D eigenvalue weighted by atomic mass is 32.1. The molecule has 1 aliphatic heterocycles. The number of pyridine rings is 1. The molecular formula is C15H19N3O2S. The van der Waals surface area contributed by atoms with E-state index in [2.05, 4.69) is 27.2 Å².